The van der Waals surface area contributed by atoms with Crippen molar-refractivity contribution >= 4 is 11.4 Å². The minimum Gasteiger partial charge on any atom is -0.490 e. The molecule has 17 heavy (non-hydrogen) atoms. The number of hydrogen-bond acceptors (Lipinski definition) is 5. The second-order valence-corrected chi connectivity index (χ2v) is 3.94. The van der Waals surface area contributed by atoms with Gasteiger partial charge in [-0.3, -0.25) is 0 Å². The molecule has 0 aliphatic carbocycles. The Morgan fingerprint density at radius 1 is 1.35 bits per heavy atom. The maximum absolute atomic E-state index is 5.76. The molecule has 2 heterocycles. The molecule has 2 aromatic rings. The van der Waals surface area contributed by atoms with E-state index in [1.54, 1.807) is 0 Å². The Morgan fingerprint density at radius 3 is 3.06 bits per heavy atom. The summed E-state index contributed by atoms with van der Waals surface area (Å²) in [6, 6.07) is 7.95. The van der Waals surface area contributed by atoms with Crippen molar-refractivity contribution in [2.45, 2.75) is 6.54 Å². The van der Waals surface area contributed by atoms with Crippen LogP contribution >= 0.6 is 0 Å². The molecule has 0 bridgehead atoms. The molecule has 2 N–H and O–H groups in total. The maximum atomic E-state index is 5.76. The van der Waals surface area contributed by atoms with E-state index in [1.807, 2.05) is 24.3 Å². The lowest BCUT2D eigenvalue weighted by Gasteiger charge is -2.30. The highest BCUT2D eigenvalue weighted by Crippen LogP contribution is 2.32. The SMILES string of the molecule is Nc1cnoc1CN1CCOc2ccccc21. The van der Waals surface area contributed by atoms with Gasteiger partial charge in [0.25, 0.3) is 0 Å². The van der Waals surface area contributed by atoms with Crippen LogP contribution < -0.4 is 15.4 Å². The molecule has 0 atom stereocenters. The number of nitrogens with two attached hydrogens (primary N) is 1. The van der Waals surface area contributed by atoms with Gasteiger partial charge in [0.1, 0.15) is 12.4 Å². The van der Waals surface area contributed by atoms with E-state index in [9.17, 15) is 0 Å². The predicted molar refractivity (Wildman–Crippen MR) is 63.9 cm³/mol. The van der Waals surface area contributed by atoms with Gasteiger partial charge >= 0.3 is 0 Å². The van der Waals surface area contributed by atoms with Crippen LogP contribution in [0.5, 0.6) is 5.75 Å². The van der Waals surface area contributed by atoms with Crippen molar-refractivity contribution in [3.05, 3.63) is 36.2 Å². The molecule has 0 spiro atoms. The Bertz CT molecular complexity index is 524. The fraction of sp³-hybridized carbons (Fsp3) is 0.250. The van der Waals surface area contributed by atoms with E-state index in [0.717, 1.165) is 18.0 Å². The summed E-state index contributed by atoms with van der Waals surface area (Å²) >= 11 is 0. The highest BCUT2D eigenvalue weighted by molar-refractivity contribution is 5.60. The van der Waals surface area contributed by atoms with Gasteiger partial charge in [-0.15, -0.1) is 0 Å². The van der Waals surface area contributed by atoms with Gasteiger partial charge in [0.2, 0.25) is 0 Å². The fourth-order valence-electron chi connectivity index (χ4n) is 1.96. The van der Waals surface area contributed by atoms with E-state index < -0.39 is 0 Å². The van der Waals surface area contributed by atoms with Crippen LogP contribution in [0.2, 0.25) is 0 Å². The van der Waals surface area contributed by atoms with E-state index in [-0.39, 0.29) is 0 Å². The molecule has 1 aliphatic heterocycles. The molecule has 0 unspecified atom stereocenters. The minimum absolute atomic E-state index is 0.592. The lowest BCUT2D eigenvalue weighted by atomic mass is 10.2. The molecule has 1 aromatic heterocycles. The standard InChI is InChI=1S/C12H13N3O2/c13-9-7-14-17-12(9)8-15-5-6-16-11-4-2-1-3-10(11)15/h1-4,7H,5-6,8,13H2. The Hall–Kier alpha value is -2.17. The topological polar surface area (TPSA) is 64.5 Å². The second-order valence-electron chi connectivity index (χ2n) is 3.94. The molecular formula is C12H13N3O2. The first-order chi connectivity index (χ1) is 8.34. The number of para-hydroxylation sites is 2. The molecule has 88 valence electrons. The van der Waals surface area contributed by atoms with Gasteiger partial charge in [-0.25, -0.2) is 0 Å². The Labute approximate surface area is 98.8 Å². The first-order valence-electron chi connectivity index (χ1n) is 5.50. The monoisotopic (exact) mass is 231 g/mol. The highest BCUT2D eigenvalue weighted by atomic mass is 16.5. The molecule has 1 aliphatic rings. The number of ether oxygens (including phenoxy) is 1. The van der Waals surface area contributed by atoms with Crippen LogP contribution in [0.25, 0.3) is 0 Å². The van der Waals surface area contributed by atoms with Crippen molar-refractivity contribution in [1.29, 1.82) is 0 Å². The average molecular weight is 231 g/mol. The fourth-order valence-corrected chi connectivity index (χ4v) is 1.96. The number of aromatic nitrogens is 1. The maximum Gasteiger partial charge on any atom is 0.178 e. The summed E-state index contributed by atoms with van der Waals surface area (Å²) in [4.78, 5) is 2.18. The summed E-state index contributed by atoms with van der Waals surface area (Å²) in [7, 11) is 0. The van der Waals surface area contributed by atoms with Gasteiger partial charge in [-0.1, -0.05) is 17.3 Å². The van der Waals surface area contributed by atoms with Gasteiger partial charge in [0, 0.05) is 0 Å². The van der Waals surface area contributed by atoms with Crippen molar-refractivity contribution in [2.75, 3.05) is 23.8 Å². The van der Waals surface area contributed by atoms with E-state index in [2.05, 4.69) is 10.1 Å². The zero-order chi connectivity index (χ0) is 11.7. The average Bonchev–Trinajstić information content (AvgIpc) is 2.76. The van der Waals surface area contributed by atoms with Gasteiger partial charge in [-0.05, 0) is 12.1 Å². The number of anilines is 2. The van der Waals surface area contributed by atoms with Crippen molar-refractivity contribution in [3.63, 3.8) is 0 Å². The second kappa shape index (κ2) is 4.01. The summed E-state index contributed by atoms with van der Waals surface area (Å²) < 4.78 is 10.7. The highest BCUT2D eigenvalue weighted by Gasteiger charge is 2.19. The number of benzene rings is 1. The third-order valence-corrected chi connectivity index (χ3v) is 2.84. The molecule has 5 heteroatoms. The van der Waals surface area contributed by atoms with Crippen LogP contribution in [0.1, 0.15) is 5.76 Å². The van der Waals surface area contributed by atoms with E-state index in [0.29, 0.717) is 24.6 Å². The summed E-state index contributed by atoms with van der Waals surface area (Å²) in [6.45, 7) is 2.11. The predicted octanol–water partition coefficient (Wildman–Crippen LogP) is 1.66. The zero-order valence-corrected chi connectivity index (χ0v) is 9.30. The van der Waals surface area contributed by atoms with Crippen LogP contribution in [0.4, 0.5) is 11.4 Å². The summed E-state index contributed by atoms with van der Waals surface area (Å²) in [6.07, 6.45) is 1.53. The molecule has 0 saturated carbocycles. The van der Waals surface area contributed by atoms with Gasteiger partial charge in [-0.2, -0.15) is 0 Å². The van der Waals surface area contributed by atoms with Crippen LogP contribution in [-0.4, -0.2) is 18.3 Å². The normalized spacial score (nSPS) is 14.2. The lowest BCUT2D eigenvalue weighted by molar-refractivity contribution is 0.301. The Morgan fingerprint density at radius 2 is 2.24 bits per heavy atom. The largest absolute Gasteiger partial charge is 0.490 e. The number of nitrogens with zero attached hydrogens (tertiary/aromatic N) is 2. The van der Waals surface area contributed by atoms with E-state index in [1.165, 1.54) is 6.20 Å². The number of nitrogen functional groups attached to an aromatic ring is 1. The molecule has 0 fully saturated rings. The number of rotatable bonds is 2. The molecule has 0 amide bonds. The molecule has 3 rings (SSSR count). The third kappa shape index (κ3) is 1.80. The quantitative estimate of drug-likeness (QED) is 0.851. The van der Waals surface area contributed by atoms with Crippen LogP contribution in [0.3, 0.4) is 0 Å². The smallest absolute Gasteiger partial charge is 0.178 e. The first-order valence-corrected chi connectivity index (χ1v) is 5.50. The first kappa shape index (κ1) is 10.0. The van der Waals surface area contributed by atoms with Gasteiger partial charge in [0.05, 0.1) is 30.7 Å². The van der Waals surface area contributed by atoms with Crippen molar-refractivity contribution in [2.24, 2.45) is 0 Å². The Balaban J connectivity index is 1.88. The van der Waals surface area contributed by atoms with Crippen LogP contribution in [0, 0.1) is 0 Å². The van der Waals surface area contributed by atoms with Crippen molar-refractivity contribution in [3.8, 4) is 5.75 Å². The summed E-state index contributed by atoms with van der Waals surface area (Å²) in [5.74, 6) is 1.60. The molecule has 0 radical (unpaired) electrons. The van der Waals surface area contributed by atoms with E-state index in [4.69, 9.17) is 15.0 Å². The minimum atomic E-state index is 0.592. The molecular weight excluding hydrogens is 218 g/mol. The van der Waals surface area contributed by atoms with E-state index >= 15 is 0 Å². The Kier molecular flexibility index (Phi) is 2.36. The summed E-state index contributed by atoms with van der Waals surface area (Å²) in [5, 5.41) is 3.69. The van der Waals surface area contributed by atoms with Gasteiger partial charge in [0.15, 0.2) is 5.76 Å². The van der Waals surface area contributed by atoms with Crippen molar-refractivity contribution in [1.82, 2.24) is 5.16 Å². The number of fused-ring (bicyclic) bond motifs is 1. The molecule has 1 aromatic carbocycles. The lowest BCUT2D eigenvalue weighted by Crippen LogP contribution is -2.32. The summed E-state index contributed by atoms with van der Waals surface area (Å²) in [5.41, 5.74) is 7.42. The number of hydrogen-bond donors (Lipinski definition) is 1. The zero-order valence-electron chi connectivity index (χ0n) is 9.30. The van der Waals surface area contributed by atoms with Crippen LogP contribution in [-0.2, 0) is 6.54 Å². The van der Waals surface area contributed by atoms with Gasteiger partial charge < -0.3 is 19.9 Å². The van der Waals surface area contributed by atoms with Crippen molar-refractivity contribution < 1.29 is 9.26 Å². The molecule has 0 saturated heterocycles. The third-order valence-electron chi connectivity index (χ3n) is 2.84. The molecule has 5 nitrogen and oxygen atoms in total. The van der Waals surface area contributed by atoms with Crippen LogP contribution in [0.15, 0.2) is 35.0 Å².